The zero-order valence-electron chi connectivity index (χ0n) is 19.3. The molecule has 182 valence electrons. The highest BCUT2D eigenvalue weighted by atomic mass is 35.5. The van der Waals surface area contributed by atoms with Crippen LogP contribution in [0.1, 0.15) is 18.6 Å². The fraction of sp³-hybridized carbons (Fsp3) is 0.280. The molecule has 1 saturated heterocycles. The van der Waals surface area contributed by atoms with Crippen LogP contribution in [0.15, 0.2) is 47.3 Å². The first-order chi connectivity index (χ1) is 17.0. The van der Waals surface area contributed by atoms with Gasteiger partial charge in [-0.15, -0.1) is 0 Å². The Bertz CT molecular complexity index is 1360. The predicted octanol–water partition coefficient (Wildman–Crippen LogP) is 4.82. The topological polar surface area (TPSA) is 98.7 Å². The van der Waals surface area contributed by atoms with Crippen LogP contribution in [0.4, 0.5) is 16.0 Å². The largest absolute Gasteiger partial charge is 0.496 e. The van der Waals surface area contributed by atoms with Crippen molar-refractivity contribution in [3.63, 3.8) is 0 Å². The lowest BCUT2D eigenvalue weighted by Gasteiger charge is -2.28. The second-order valence-electron chi connectivity index (χ2n) is 8.24. The van der Waals surface area contributed by atoms with Crippen molar-refractivity contribution >= 4 is 34.2 Å². The van der Waals surface area contributed by atoms with Gasteiger partial charge in [-0.25, -0.2) is 14.4 Å². The minimum Gasteiger partial charge on any atom is -0.496 e. The van der Waals surface area contributed by atoms with Crippen molar-refractivity contribution in [1.29, 1.82) is 0 Å². The van der Waals surface area contributed by atoms with Crippen LogP contribution in [0.3, 0.4) is 0 Å². The fourth-order valence-electron chi connectivity index (χ4n) is 4.29. The molecule has 3 N–H and O–H groups in total. The summed E-state index contributed by atoms with van der Waals surface area (Å²) in [5, 5.41) is 3.98. The van der Waals surface area contributed by atoms with Crippen LogP contribution in [0.25, 0.3) is 22.1 Å². The Morgan fingerprint density at radius 3 is 2.69 bits per heavy atom. The third kappa shape index (κ3) is 4.33. The molecule has 35 heavy (non-hydrogen) atoms. The maximum Gasteiger partial charge on any atom is 0.205 e. The monoisotopic (exact) mass is 497 g/mol. The van der Waals surface area contributed by atoms with Crippen molar-refractivity contribution in [2.24, 2.45) is 0 Å². The molecule has 0 aliphatic carbocycles. The first kappa shape index (κ1) is 23.2. The number of pyridine rings is 2. The minimum atomic E-state index is -0.698. The smallest absolute Gasteiger partial charge is 0.205 e. The first-order valence-electron chi connectivity index (χ1n) is 11.2. The van der Waals surface area contributed by atoms with Crippen LogP contribution in [0, 0.1) is 5.82 Å². The van der Waals surface area contributed by atoms with E-state index in [-0.39, 0.29) is 16.6 Å². The Morgan fingerprint density at radius 1 is 1.17 bits per heavy atom. The molecule has 3 aromatic heterocycles. The summed E-state index contributed by atoms with van der Waals surface area (Å²) in [6, 6.07) is 6.75. The average molecular weight is 498 g/mol. The quantitative estimate of drug-likeness (QED) is 0.391. The van der Waals surface area contributed by atoms with E-state index in [2.05, 4.69) is 20.2 Å². The third-order valence-corrected chi connectivity index (χ3v) is 6.50. The van der Waals surface area contributed by atoms with Gasteiger partial charge in [-0.3, -0.25) is 0 Å². The molecule has 1 aromatic carbocycles. The van der Waals surface area contributed by atoms with Crippen LogP contribution >= 0.6 is 11.6 Å². The van der Waals surface area contributed by atoms with Crippen molar-refractivity contribution in [2.75, 3.05) is 43.9 Å². The normalized spacial score (nSPS) is 14.8. The molecule has 1 aliphatic heterocycles. The van der Waals surface area contributed by atoms with Gasteiger partial charge in [-0.1, -0.05) is 11.6 Å². The van der Waals surface area contributed by atoms with Crippen LogP contribution in [-0.4, -0.2) is 43.3 Å². The lowest BCUT2D eigenvalue weighted by atomic mass is 10.1. The fourth-order valence-corrected chi connectivity index (χ4v) is 4.59. The van der Waals surface area contributed by atoms with E-state index < -0.39 is 11.9 Å². The van der Waals surface area contributed by atoms with Crippen molar-refractivity contribution < 1.29 is 18.3 Å². The molecule has 0 spiro atoms. The van der Waals surface area contributed by atoms with Gasteiger partial charge >= 0.3 is 0 Å². The molecular formula is C25H25ClFN5O3. The van der Waals surface area contributed by atoms with E-state index in [1.165, 1.54) is 19.2 Å². The maximum absolute atomic E-state index is 14.2. The van der Waals surface area contributed by atoms with E-state index in [0.29, 0.717) is 16.9 Å². The molecule has 8 nitrogen and oxygen atoms in total. The van der Waals surface area contributed by atoms with Gasteiger partial charge in [0.25, 0.3) is 0 Å². The molecule has 10 heteroatoms. The summed E-state index contributed by atoms with van der Waals surface area (Å²) in [5.74, 6) is 1.15. The number of rotatable bonds is 6. The lowest BCUT2D eigenvalue weighted by Crippen LogP contribution is -2.43. The summed E-state index contributed by atoms with van der Waals surface area (Å²) in [6.07, 6.45) is 4.39. The first-order valence-corrected chi connectivity index (χ1v) is 11.6. The SMILES string of the molecule is COc1ccc(F)c(Cl)c1[C@@H](C)Oc1c(N)ncc2c(-c3ccc(N4CCNCC4)nc3)coc12. The molecule has 0 bridgehead atoms. The summed E-state index contributed by atoms with van der Waals surface area (Å²) < 4.78 is 31.5. The number of piperazine rings is 1. The van der Waals surface area contributed by atoms with Gasteiger partial charge in [-0.2, -0.15) is 0 Å². The predicted molar refractivity (Wildman–Crippen MR) is 134 cm³/mol. The molecule has 1 fully saturated rings. The Hall–Kier alpha value is -3.56. The lowest BCUT2D eigenvalue weighted by molar-refractivity contribution is 0.221. The van der Waals surface area contributed by atoms with E-state index in [9.17, 15) is 4.39 Å². The zero-order chi connectivity index (χ0) is 24.5. The Labute approximate surface area is 206 Å². The van der Waals surface area contributed by atoms with Crippen LogP contribution < -0.4 is 25.4 Å². The Morgan fingerprint density at radius 2 is 1.97 bits per heavy atom. The van der Waals surface area contributed by atoms with Gasteiger partial charge < -0.3 is 29.8 Å². The number of hydrogen-bond donors (Lipinski definition) is 2. The molecule has 0 saturated carbocycles. The molecule has 0 unspecified atom stereocenters. The third-order valence-electron chi connectivity index (χ3n) is 6.11. The van der Waals surface area contributed by atoms with Gasteiger partial charge in [0.1, 0.15) is 23.5 Å². The number of anilines is 2. The summed E-state index contributed by atoms with van der Waals surface area (Å²) >= 11 is 6.23. The maximum atomic E-state index is 14.2. The van der Waals surface area contributed by atoms with Gasteiger partial charge in [0.15, 0.2) is 11.4 Å². The number of methoxy groups -OCH3 is 1. The number of furan rings is 1. The number of nitrogens with one attached hydrogen (secondary N) is 1. The summed E-state index contributed by atoms with van der Waals surface area (Å²) in [4.78, 5) is 11.2. The molecule has 0 radical (unpaired) electrons. The van der Waals surface area contributed by atoms with Gasteiger partial charge in [0, 0.05) is 49.7 Å². The number of nitrogen functional groups attached to an aromatic ring is 1. The van der Waals surface area contributed by atoms with E-state index in [4.69, 9.17) is 31.2 Å². The standard InChI is InChI=1S/C25H25ClFN5O3/c1-14(21-19(33-2)5-4-18(27)22(21)26)35-24-23-16(12-31-25(24)28)17(13-34-23)15-3-6-20(30-11-15)32-9-7-29-8-10-32/h3-6,11-14,29H,7-10H2,1-2H3,(H2,28,31)/t14-/m1/s1. The zero-order valence-corrected chi connectivity index (χ0v) is 20.1. The summed E-state index contributed by atoms with van der Waals surface area (Å²) in [6.45, 7) is 5.45. The van der Waals surface area contributed by atoms with Crippen LogP contribution in [0.5, 0.6) is 11.5 Å². The van der Waals surface area contributed by atoms with Gasteiger partial charge in [0.05, 0.1) is 29.3 Å². The van der Waals surface area contributed by atoms with Crippen molar-refractivity contribution in [2.45, 2.75) is 13.0 Å². The number of fused-ring (bicyclic) bond motifs is 1. The van der Waals surface area contributed by atoms with Crippen molar-refractivity contribution in [1.82, 2.24) is 15.3 Å². The number of nitrogens with two attached hydrogens (primary N) is 1. The summed E-state index contributed by atoms with van der Waals surface area (Å²) in [7, 11) is 1.48. The number of aromatic nitrogens is 2. The van der Waals surface area contributed by atoms with Crippen LogP contribution in [-0.2, 0) is 0 Å². The van der Waals surface area contributed by atoms with E-state index in [1.807, 2.05) is 18.3 Å². The number of halogens is 2. The van der Waals surface area contributed by atoms with Crippen molar-refractivity contribution in [3.8, 4) is 22.6 Å². The molecule has 0 amide bonds. The molecule has 4 heterocycles. The van der Waals surface area contributed by atoms with Gasteiger partial charge in [0.2, 0.25) is 5.75 Å². The average Bonchev–Trinajstić information content (AvgIpc) is 3.32. The molecular weight excluding hydrogens is 473 g/mol. The molecule has 1 aliphatic rings. The van der Waals surface area contributed by atoms with E-state index in [1.54, 1.807) is 19.4 Å². The molecule has 1 atom stereocenters. The number of benzene rings is 1. The highest BCUT2D eigenvalue weighted by Crippen LogP contribution is 2.42. The molecule has 5 rings (SSSR count). The molecule has 4 aromatic rings. The number of nitrogens with zero attached hydrogens (tertiary/aromatic N) is 3. The van der Waals surface area contributed by atoms with Gasteiger partial charge in [-0.05, 0) is 31.2 Å². The van der Waals surface area contributed by atoms with Crippen LogP contribution in [0.2, 0.25) is 5.02 Å². The highest BCUT2D eigenvalue weighted by Gasteiger charge is 2.24. The Balaban J connectivity index is 1.47. The second kappa shape index (κ2) is 9.59. The second-order valence-corrected chi connectivity index (χ2v) is 8.62. The van der Waals surface area contributed by atoms with E-state index >= 15 is 0 Å². The van der Waals surface area contributed by atoms with Crippen molar-refractivity contribution in [3.05, 3.63) is 59.3 Å². The number of ether oxygens (including phenoxy) is 2. The Kier molecular flexibility index (Phi) is 6.36. The van der Waals surface area contributed by atoms with E-state index in [0.717, 1.165) is 48.5 Å². The number of hydrogen-bond acceptors (Lipinski definition) is 8. The minimum absolute atomic E-state index is 0.0775. The highest BCUT2D eigenvalue weighted by molar-refractivity contribution is 6.31. The summed E-state index contributed by atoms with van der Waals surface area (Å²) in [5.41, 5.74) is 8.63.